The number of terminal acetylenes is 1. The normalized spacial score (nSPS) is 28.6. The minimum atomic E-state index is -2.60. The summed E-state index contributed by atoms with van der Waals surface area (Å²) in [5, 5.41) is 15.0. The van der Waals surface area contributed by atoms with E-state index < -0.39 is 42.0 Å². The van der Waals surface area contributed by atoms with Crippen molar-refractivity contribution < 1.29 is 31.9 Å². The SMILES string of the molecule is [2H]C([2H])([2H])OC(C)[C@]12CC[C@H](CN(c3nc(OC[C@@]45CCCN4C[C@H](F)C5)nc4c(F)c(-c5cc(O)cc6ccc(F)c(C#C)c56)ncc34)C1)N2. The Hall–Kier alpha value is -4.18. The lowest BCUT2D eigenvalue weighted by molar-refractivity contribution is 0.0350. The molecule has 4 saturated heterocycles. The predicted octanol–water partition coefficient (Wildman–Crippen LogP) is 5.11. The zero-order valence-corrected chi connectivity index (χ0v) is 26.4. The lowest BCUT2D eigenvalue weighted by atomic mass is 9.90. The quantitative estimate of drug-likeness (QED) is 0.262. The fourth-order valence-electron chi connectivity index (χ4n) is 8.55. The number of alkyl halides is 1. The van der Waals surface area contributed by atoms with Gasteiger partial charge in [-0.1, -0.05) is 12.0 Å². The summed E-state index contributed by atoms with van der Waals surface area (Å²) in [6.45, 7) is 3.69. The minimum absolute atomic E-state index is 0.0329. The van der Waals surface area contributed by atoms with E-state index in [-0.39, 0.29) is 57.5 Å². The van der Waals surface area contributed by atoms with Crippen LogP contribution in [0.25, 0.3) is 32.9 Å². The molecule has 48 heavy (non-hydrogen) atoms. The van der Waals surface area contributed by atoms with Crippen molar-refractivity contribution in [2.24, 2.45) is 0 Å². The number of methoxy groups -OCH3 is 1. The van der Waals surface area contributed by atoms with E-state index in [0.717, 1.165) is 25.8 Å². The van der Waals surface area contributed by atoms with E-state index >= 15 is 4.39 Å². The maximum atomic E-state index is 17.0. The molecule has 8 rings (SSSR count). The molecule has 0 aliphatic carbocycles. The van der Waals surface area contributed by atoms with Gasteiger partial charge in [-0.25, -0.2) is 13.2 Å². The molecule has 12 heteroatoms. The maximum absolute atomic E-state index is 17.0. The molecule has 2 aromatic heterocycles. The smallest absolute Gasteiger partial charge is 0.319 e. The third-order valence-electron chi connectivity index (χ3n) is 10.9. The average Bonchev–Trinajstić information content (AvgIpc) is 3.71. The fourth-order valence-corrected chi connectivity index (χ4v) is 8.55. The number of aromatic nitrogens is 3. The zero-order valence-electron chi connectivity index (χ0n) is 29.4. The van der Waals surface area contributed by atoms with Crippen LogP contribution in [0.1, 0.15) is 48.7 Å². The average molecular weight is 662 g/mol. The van der Waals surface area contributed by atoms with Gasteiger partial charge in [0.2, 0.25) is 0 Å². The van der Waals surface area contributed by atoms with Gasteiger partial charge in [-0.2, -0.15) is 9.97 Å². The van der Waals surface area contributed by atoms with Gasteiger partial charge in [0.15, 0.2) is 5.82 Å². The van der Waals surface area contributed by atoms with Gasteiger partial charge in [-0.05, 0) is 62.7 Å². The number of hydrogen-bond donors (Lipinski definition) is 2. The highest BCUT2D eigenvalue weighted by Crippen LogP contribution is 2.43. The second-order valence-corrected chi connectivity index (χ2v) is 13.7. The van der Waals surface area contributed by atoms with Crippen molar-refractivity contribution in [3.63, 3.8) is 0 Å². The van der Waals surface area contributed by atoms with Crippen LogP contribution in [0.4, 0.5) is 19.0 Å². The molecule has 2 bridgehead atoms. The molecule has 250 valence electrons. The number of fused-ring (bicyclic) bond motifs is 5. The van der Waals surface area contributed by atoms with Gasteiger partial charge in [-0.3, -0.25) is 9.88 Å². The Kier molecular flexibility index (Phi) is 6.63. The van der Waals surface area contributed by atoms with E-state index in [1.165, 1.54) is 30.5 Å². The second-order valence-electron chi connectivity index (χ2n) is 13.7. The number of pyridine rings is 1. The van der Waals surface area contributed by atoms with Gasteiger partial charge in [0.1, 0.15) is 41.4 Å². The van der Waals surface area contributed by atoms with Gasteiger partial charge in [0, 0.05) is 56.3 Å². The summed E-state index contributed by atoms with van der Waals surface area (Å²) in [5.74, 6) is 0.942. The lowest BCUT2D eigenvalue weighted by Gasteiger charge is -2.44. The van der Waals surface area contributed by atoms with Gasteiger partial charge >= 0.3 is 6.01 Å². The first kappa shape index (κ1) is 27.7. The molecule has 4 fully saturated rings. The number of piperazine rings is 1. The summed E-state index contributed by atoms with van der Waals surface area (Å²) in [4.78, 5) is 17.9. The molecule has 2 N–H and O–H groups in total. The number of nitrogens with zero attached hydrogens (tertiary/aromatic N) is 5. The highest BCUT2D eigenvalue weighted by Gasteiger charge is 2.50. The van der Waals surface area contributed by atoms with Crippen molar-refractivity contribution in [3.8, 4) is 35.4 Å². The first-order valence-corrected chi connectivity index (χ1v) is 16.3. The number of nitrogens with one attached hydrogen (secondary N) is 1. The summed E-state index contributed by atoms with van der Waals surface area (Å²) < 4.78 is 81.4. The van der Waals surface area contributed by atoms with Crippen molar-refractivity contribution >= 4 is 27.5 Å². The first-order valence-electron chi connectivity index (χ1n) is 17.8. The van der Waals surface area contributed by atoms with Crippen molar-refractivity contribution in [2.45, 2.75) is 68.4 Å². The van der Waals surface area contributed by atoms with Gasteiger partial charge in [0.05, 0.1) is 32.2 Å². The van der Waals surface area contributed by atoms with Crippen molar-refractivity contribution in [1.82, 2.24) is 25.2 Å². The van der Waals surface area contributed by atoms with Crippen LogP contribution in [0.15, 0.2) is 30.5 Å². The highest BCUT2D eigenvalue weighted by atomic mass is 19.1. The van der Waals surface area contributed by atoms with Crippen LogP contribution < -0.4 is 15.0 Å². The molecule has 4 aliphatic heterocycles. The molecule has 0 saturated carbocycles. The van der Waals surface area contributed by atoms with Crippen LogP contribution >= 0.6 is 0 Å². The van der Waals surface area contributed by atoms with Crippen molar-refractivity contribution in [3.05, 3.63) is 47.7 Å². The molecule has 1 unspecified atom stereocenters. The summed E-state index contributed by atoms with van der Waals surface area (Å²) in [5.41, 5.74) is -1.62. The maximum Gasteiger partial charge on any atom is 0.319 e. The Morgan fingerprint density at radius 2 is 2.12 bits per heavy atom. The number of phenols is 1. The van der Waals surface area contributed by atoms with Crippen LogP contribution in [-0.2, 0) is 4.74 Å². The molecule has 0 amide bonds. The van der Waals surface area contributed by atoms with Gasteiger partial charge in [0.25, 0.3) is 0 Å². The number of aromatic hydroxyl groups is 1. The summed E-state index contributed by atoms with van der Waals surface area (Å²) in [7, 11) is -2.60. The molecular weight excluding hydrogens is 621 g/mol. The van der Waals surface area contributed by atoms with E-state index in [4.69, 9.17) is 25.0 Å². The van der Waals surface area contributed by atoms with E-state index in [2.05, 4.69) is 26.1 Å². The molecule has 6 heterocycles. The number of anilines is 1. The van der Waals surface area contributed by atoms with Crippen LogP contribution in [0.5, 0.6) is 11.8 Å². The van der Waals surface area contributed by atoms with Crippen LogP contribution in [0, 0.1) is 24.0 Å². The number of rotatable bonds is 7. The molecule has 4 aromatic rings. The summed E-state index contributed by atoms with van der Waals surface area (Å²) in [6.07, 6.45) is 8.83. The van der Waals surface area contributed by atoms with E-state index in [1.807, 2.05) is 4.90 Å². The van der Waals surface area contributed by atoms with E-state index in [9.17, 15) is 13.9 Å². The molecule has 0 radical (unpaired) electrons. The molecule has 5 atom stereocenters. The van der Waals surface area contributed by atoms with Gasteiger partial charge in [-0.15, -0.1) is 6.42 Å². The molecule has 9 nitrogen and oxygen atoms in total. The zero-order chi connectivity index (χ0) is 35.9. The molecular formula is C36H37F3N6O3. The Bertz CT molecular complexity index is 2100. The van der Waals surface area contributed by atoms with E-state index in [0.29, 0.717) is 43.7 Å². The fraction of sp³-hybridized carbons (Fsp3) is 0.472. The molecule has 0 spiro atoms. The number of halogens is 3. The largest absolute Gasteiger partial charge is 0.508 e. The van der Waals surface area contributed by atoms with E-state index in [1.54, 1.807) is 6.92 Å². The molecule has 4 aliphatic rings. The standard InChI is InChI=1S/C36H37F3N6O3/c1-4-25-28(38)7-6-21-12-24(46)13-26(29(21)25)31-30(39)32-27(15-40-31)33(44-17-23-8-10-36(18-44,43-23)20(2)47-3)42-34(41-32)48-19-35-9-5-11-45(35)16-22(37)14-35/h1,6-7,12-13,15,20,22-23,43,46H,5,8-11,14,16-19H2,2-3H3/t20?,22-,23-,35+,36+/m1/s1/i3D3. The predicted molar refractivity (Wildman–Crippen MR) is 176 cm³/mol. The lowest BCUT2D eigenvalue weighted by Crippen LogP contribution is -2.64. The second kappa shape index (κ2) is 11.5. The number of phenolic OH excluding ortho intramolecular Hbond substituents is 1. The first-order chi connectivity index (χ1) is 24.3. The summed E-state index contributed by atoms with van der Waals surface area (Å²) >= 11 is 0. The topological polar surface area (TPSA) is 95.9 Å². The van der Waals surface area contributed by atoms with Crippen LogP contribution in [0.2, 0.25) is 0 Å². The summed E-state index contributed by atoms with van der Waals surface area (Å²) in [6, 6.07) is 5.18. The van der Waals surface area contributed by atoms with Crippen molar-refractivity contribution in [2.75, 3.05) is 44.7 Å². The Morgan fingerprint density at radius 1 is 1.25 bits per heavy atom. The third kappa shape index (κ3) is 4.85. The minimum Gasteiger partial charge on any atom is -0.508 e. The van der Waals surface area contributed by atoms with Gasteiger partial charge < -0.3 is 24.8 Å². The van der Waals surface area contributed by atoms with Crippen LogP contribution in [0.3, 0.4) is 0 Å². The van der Waals surface area contributed by atoms with Crippen molar-refractivity contribution in [1.29, 1.82) is 0 Å². The highest BCUT2D eigenvalue weighted by molar-refractivity contribution is 6.03. The Balaban J connectivity index is 1.26. The number of ether oxygens (including phenoxy) is 2. The molecule has 2 aromatic carbocycles. The third-order valence-corrected chi connectivity index (χ3v) is 10.9. The monoisotopic (exact) mass is 661 g/mol. The Labute approximate surface area is 280 Å². The number of benzene rings is 2. The van der Waals surface area contributed by atoms with Crippen LogP contribution in [-0.4, -0.2) is 94.2 Å². The number of hydrogen-bond acceptors (Lipinski definition) is 9. The Morgan fingerprint density at radius 3 is 2.96 bits per heavy atom.